The number of rotatable bonds is 6. The topological polar surface area (TPSA) is 108 Å². The molecule has 2 atom stereocenters. The van der Waals surface area contributed by atoms with Crippen LogP contribution < -0.4 is 10.6 Å². The van der Waals surface area contributed by atoms with E-state index in [-0.39, 0.29) is 6.61 Å². The summed E-state index contributed by atoms with van der Waals surface area (Å²) in [4.78, 5) is 41.1. The van der Waals surface area contributed by atoms with Crippen molar-refractivity contribution in [2.45, 2.75) is 32.3 Å². The summed E-state index contributed by atoms with van der Waals surface area (Å²) in [6, 6.07) is 8.30. The number of hydrogen-bond acceptors (Lipinski definition) is 5. The molecule has 7 nitrogen and oxygen atoms in total. The zero-order valence-electron chi connectivity index (χ0n) is 11.8. The summed E-state index contributed by atoms with van der Waals surface area (Å²) in [5.41, 5.74) is 0.838. The Morgan fingerprint density at radius 2 is 1.81 bits per heavy atom. The van der Waals surface area contributed by atoms with Crippen molar-refractivity contribution in [3.8, 4) is 0 Å². The van der Waals surface area contributed by atoms with Crippen molar-refractivity contribution in [1.29, 1.82) is 0 Å². The van der Waals surface area contributed by atoms with Crippen molar-refractivity contribution >= 4 is 20.4 Å². The number of ether oxygens (including phenoxy) is 1. The zero-order chi connectivity index (χ0) is 15.8. The van der Waals surface area contributed by atoms with Gasteiger partial charge in [-0.2, -0.15) is 0 Å². The third-order valence-electron chi connectivity index (χ3n) is 2.64. The lowest BCUT2D eigenvalue weighted by Crippen LogP contribution is -2.47. The molecule has 116 valence electrons. The molecule has 0 heterocycles. The molecular formula is C13H19N2O5P. The second kappa shape index (κ2) is 8.56. The van der Waals surface area contributed by atoms with Crippen molar-refractivity contribution in [3.05, 3.63) is 35.9 Å². The zero-order valence-corrected chi connectivity index (χ0v) is 12.7. The Balaban J connectivity index is 2.35. The maximum Gasteiger partial charge on any atom is 0.408 e. The normalized spacial score (nSPS) is 13.4. The molecule has 0 saturated carbocycles. The number of hydrogen-bond donors (Lipinski definition) is 4. The van der Waals surface area contributed by atoms with Crippen LogP contribution in [0.15, 0.2) is 30.3 Å². The Hall–Kier alpha value is -1.69. The largest absolute Gasteiger partial charge is 0.445 e. The van der Waals surface area contributed by atoms with Gasteiger partial charge >= 0.3 is 6.09 Å². The fourth-order valence-electron chi connectivity index (χ4n) is 1.40. The highest BCUT2D eigenvalue weighted by Crippen LogP contribution is 2.27. The second-order valence-corrected chi connectivity index (χ2v) is 5.85. The fraction of sp³-hybridized carbons (Fsp3) is 0.385. The Morgan fingerprint density at radius 3 is 2.38 bits per heavy atom. The van der Waals surface area contributed by atoms with Gasteiger partial charge in [0.1, 0.15) is 12.6 Å². The van der Waals surface area contributed by atoms with E-state index in [2.05, 4.69) is 10.6 Å². The van der Waals surface area contributed by atoms with Crippen LogP contribution in [0.4, 0.5) is 4.79 Å². The van der Waals surface area contributed by atoms with Gasteiger partial charge < -0.3 is 25.2 Å². The van der Waals surface area contributed by atoms with Crippen molar-refractivity contribution in [2.24, 2.45) is 0 Å². The summed E-state index contributed by atoms with van der Waals surface area (Å²) in [5, 5.41) is 4.74. The van der Waals surface area contributed by atoms with Gasteiger partial charge in [0.25, 0.3) is 0 Å². The molecule has 0 aliphatic rings. The summed E-state index contributed by atoms with van der Waals surface area (Å²) in [6.07, 6.45) is -0.718. The molecule has 0 saturated heterocycles. The lowest BCUT2D eigenvalue weighted by Gasteiger charge is -2.18. The predicted molar refractivity (Wildman–Crippen MR) is 78.2 cm³/mol. The van der Waals surface area contributed by atoms with Crippen LogP contribution in [0.5, 0.6) is 0 Å². The molecule has 0 aromatic heterocycles. The minimum atomic E-state index is -2.25. The number of amides is 2. The van der Waals surface area contributed by atoms with Crippen LogP contribution in [0.25, 0.3) is 0 Å². The molecule has 8 heteroatoms. The highest BCUT2D eigenvalue weighted by molar-refractivity contribution is 7.45. The molecule has 0 radical (unpaired) electrons. The summed E-state index contributed by atoms with van der Waals surface area (Å²) >= 11 is 0. The van der Waals surface area contributed by atoms with Gasteiger partial charge in [-0.1, -0.05) is 30.3 Å². The Labute approximate surface area is 124 Å². The molecule has 4 N–H and O–H groups in total. The van der Waals surface area contributed by atoms with E-state index in [0.717, 1.165) is 5.56 Å². The van der Waals surface area contributed by atoms with Gasteiger partial charge in [-0.15, -0.1) is 0 Å². The molecule has 0 unspecified atom stereocenters. The summed E-state index contributed by atoms with van der Waals surface area (Å²) in [7, 11) is -2.25. The van der Waals surface area contributed by atoms with Crippen molar-refractivity contribution in [3.63, 3.8) is 0 Å². The maximum absolute atomic E-state index is 11.7. The van der Waals surface area contributed by atoms with E-state index in [0.29, 0.717) is 0 Å². The lowest BCUT2D eigenvalue weighted by molar-refractivity contribution is -0.122. The van der Waals surface area contributed by atoms with E-state index in [1.54, 1.807) is 0 Å². The first-order valence-electron chi connectivity index (χ1n) is 6.34. The van der Waals surface area contributed by atoms with Gasteiger partial charge in [-0.25, -0.2) is 4.79 Å². The quantitative estimate of drug-likeness (QED) is 0.587. The van der Waals surface area contributed by atoms with Crippen LogP contribution in [0.1, 0.15) is 19.4 Å². The van der Waals surface area contributed by atoms with Crippen LogP contribution in [0, 0.1) is 0 Å². The summed E-state index contributed by atoms with van der Waals surface area (Å²) in [6.45, 7) is 3.04. The smallest absolute Gasteiger partial charge is 0.408 e. The average molecular weight is 314 g/mol. The minimum absolute atomic E-state index is 0.107. The number of nitrogens with one attached hydrogen (secondary N) is 2. The Morgan fingerprint density at radius 1 is 1.19 bits per heavy atom. The van der Waals surface area contributed by atoms with E-state index in [1.165, 1.54) is 13.8 Å². The predicted octanol–water partition coefficient (Wildman–Crippen LogP) is 1.06. The SMILES string of the molecule is C[C@H](NC(=O)OCc1ccccc1)C(=O)N[C@H](C)P(O)O. The van der Waals surface area contributed by atoms with Crippen molar-refractivity contribution < 1.29 is 24.1 Å². The van der Waals surface area contributed by atoms with Crippen LogP contribution >= 0.6 is 8.38 Å². The Kier molecular flexibility index (Phi) is 7.08. The molecule has 1 aromatic carbocycles. The lowest BCUT2D eigenvalue weighted by atomic mass is 10.2. The van der Waals surface area contributed by atoms with Crippen molar-refractivity contribution in [1.82, 2.24) is 10.6 Å². The van der Waals surface area contributed by atoms with E-state index >= 15 is 0 Å². The molecule has 2 amide bonds. The van der Waals surface area contributed by atoms with Crippen LogP contribution in [-0.2, 0) is 16.1 Å². The highest BCUT2D eigenvalue weighted by atomic mass is 31.2. The van der Waals surface area contributed by atoms with Crippen molar-refractivity contribution in [2.75, 3.05) is 0 Å². The fourth-order valence-corrected chi connectivity index (χ4v) is 1.64. The maximum atomic E-state index is 11.7. The van der Waals surface area contributed by atoms with Gasteiger partial charge in [0.05, 0.1) is 5.78 Å². The number of carbonyl (C=O) groups excluding carboxylic acids is 2. The molecule has 0 aliphatic heterocycles. The Bertz CT molecular complexity index is 469. The first-order chi connectivity index (χ1) is 9.90. The third-order valence-corrected chi connectivity index (χ3v) is 3.46. The van der Waals surface area contributed by atoms with Gasteiger partial charge in [0.15, 0.2) is 8.38 Å². The van der Waals surface area contributed by atoms with E-state index in [4.69, 9.17) is 14.5 Å². The van der Waals surface area contributed by atoms with E-state index in [9.17, 15) is 9.59 Å². The summed E-state index contributed by atoms with van der Waals surface area (Å²) in [5.74, 6) is -1.29. The van der Waals surface area contributed by atoms with Gasteiger partial charge in [0.2, 0.25) is 5.91 Å². The molecule has 0 fully saturated rings. The van der Waals surface area contributed by atoms with Gasteiger partial charge in [-0.3, -0.25) is 4.79 Å². The third kappa shape index (κ3) is 6.53. The summed E-state index contributed by atoms with van der Waals surface area (Å²) < 4.78 is 4.98. The molecule has 1 aromatic rings. The molecule has 21 heavy (non-hydrogen) atoms. The van der Waals surface area contributed by atoms with E-state index < -0.39 is 32.2 Å². The number of alkyl carbamates (subject to hydrolysis) is 1. The van der Waals surface area contributed by atoms with Crippen LogP contribution in [0.3, 0.4) is 0 Å². The number of benzene rings is 1. The average Bonchev–Trinajstić information content (AvgIpc) is 2.45. The number of carbonyl (C=O) groups is 2. The van der Waals surface area contributed by atoms with Crippen LogP contribution in [-0.4, -0.2) is 33.6 Å². The standard InChI is InChI=1S/C13H19N2O5P/c1-9(12(16)15-10(2)21(18)19)14-13(17)20-8-11-6-4-3-5-7-11/h3-7,9-10,18-19H,8H2,1-2H3,(H,14,17)(H,15,16)/t9-,10-/m0/s1. The van der Waals surface area contributed by atoms with Crippen LogP contribution in [0.2, 0.25) is 0 Å². The monoisotopic (exact) mass is 314 g/mol. The molecule has 0 aliphatic carbocycles. The van der Waals surface area contributed by atoms with E-state index in [1.807, 2.05) is 30.3 Å². The van der Waals surface area contributed by atoms with Gasteiger partial charge in [0, 0.05) is 0 Å². The highest BCUT2D eigenvalue weighted by Gasteiger charge is 2.20. The molecular weight excluding hydrogens is 295 g/mol. The minimum Gasteiger partial charge on any atom is -0.445 e. The molecule has 0 bridgehead atoms. The first kappa shape index (κ1) is 17.4. The molecule has 1 rings (SSSR count). The van der Waals surface area contributed by atoms with Gasteiger partial charge in [-0.05, 0) is 19.4 Å². The second-order valence-electron chi connectivity index (χ2n) is 4.43. The first-order valence-corrected chi connectivity index (χ1v) is 7.66. The molecule has 0 spiro atoms.